The van der Waals surface area contributed by atoms with E-state index in [2.05, 4.69) is 32.8 Å². The summed E-state index contributed by atoms with van der Waals surface area (Å²) in [4.78, 5) is 1.17. The van der Waals surface area contributed by atoms with E-state index < -0.39 is 0 Å². The smallest absolute Gasteiger partial charge is 0.125 e. The Balaban J connectivity index is 1.30. The molecule has 0 amide bonds. The van der Waals surface area contributed by atoms with Gasteiger partial charge in [0.2, 0.25) is 0 Å². The largest absolute Gasteiger partial charge is 0.507 e. The Morgan fingerprint density at radius 2 is 1.94 bits per heavy atom. The van der Waals surface area contributed by atoms with Crippen molar-refractivity contribution in [3.63, 3.8) is 0 Å². The zero-order chi connectivity index (χ0) is 20.9. The minimum absolute atomic E-state index is 0.210. The van der Waals surface area contributed by atoms with Crippen molar-refractivity contribution in [3.05, 3.63) is 48.4 Å². The molecule has 31 heavy (non-hydrogen) atoms. The molecule has 2 fully saturated rings. The fourth-order valence-electron chi connectivity index (χ4n) is 5.30. The van der Waals surface area contributed by atoms with Crippen LogP contribution in [0, 0.1) is 5.92 Å². The average molecular weight is 432 g/mol. The molecule has 3 atom stereocenters. The van der Waals surface area contributed by atoms with Crippen molar-refractivity contribution in [3.8, 4) is 28.1 Å². The molecule has 2 N–H and O–H groups in total. The second-order valence-electron chi connectivity index (χ2n) is 8.85. The van der Waals surface area contributed by atoms with E-state index in [0.717, 1.165) is 22.6 Å². The van der Waals surface area contributed by atoms with Gasteiger partial charge < -0.3 is 10.4 Å². The molecule has 3 aromatic rings. The van der Waals surface area contributed by atoms with Gasteiger partial charge in [-0.15, -0.1) is 22.0 Å². The molecular weight excluding hydrogens is 406 g/mol. The average Bonchev–Trinajstić information content (AvgIpc) is 3.37. The molecule has 5 heterocycles. The number of phenolic OH excluding ortho intramolecular Hbond substituents is 1. The number of thioether (sulfide) groups is 1. The Labute approximate surface area is 185 Å². The van der Waals surface area contributed by atoms with Gasteiger partial charge in [-0.25, -0.2) is 0 Å². The number of phenols is 1. The van der Waals surface area contributed by atoms with Gasteiger partial charge in [0.05, 0.1) is 11.9 Å². The number of nitrogens with zero attached hydrogens (tertiary/aromatic N) is 4. The molecule has 3 aliphatic rings. The number of aromatic nitrogens is 4. The molecule has 0 aliphatic carbocycles. The van der Waals surface area contributed by atoms with Gasteiger partial charge >= 0.3 is 0 Å². The minimum Gasteiger partial charge on any atom is -0.507 e. The highest BCUT2D eigenvalue weighted by molar-refractivity contribution is 7.99. The Morgan fingerprint density at radius 3 is 2.68 bits per heavy atom. The van der Waals surface area contributed by atoms with Crippen LogP contribution in [-0.2, 0) is 7.05 Å². The maximum atomic E-state index is 10.7. The molecule has 6 rings (SSSR count). The van der Waals surface area contributed by atoms with E-state index in [0.29, 0.717) is 29.3 Å². The van der Waals surface area contributed by atoms with E-state index in [1.807, 2.05) is 25.4 Å². The van der Waals surface area contributed by atoms with Crippen molar-refractivity contribution in [2.45, 2.75) is 42.7 Å². The molecule has 2 saturated heterocycles. The molecule has 1 aromatic carbocycles. The fourth-order valence-corrected chi connectivity index (χ4v) is 6.24. The van der Waals surface area contributed by atoms with Crippen LogP contribution in [0.1, 0.15) is 31.4 Å². The molecule has 0 saturated carbocycles. The van der Waals surface area contributed by atoms with Crippen molar-refractivity contribution >= 4 is 17.3 Å². The Morgan fingerprint density at radius 1 is 1.10 bits per heavy atom. The zero-order valence-corrected chi connectivity index (χ0v) is 18.3. The summed E-state index contributed by atoms with van der Waals surface area (Å²) in [5.74, 6) is 1.76. The van der Waals surface area contributed by atoms with E-state index >= 15 is 0 Å². The molecule has 0 radical (unpaired) electrons. The minimum atomic E-state index is 0.210. The number of hydrogen-bond donors (Lipinski definition) is 2. The third-order valence-corrected chi connectivity index (χ3v) is 7.75. The summed E-state index contributed by atoms with van der Waals surface area (Å²) in [7, 11) is 1.88. The van der Waals surface area contributed by atoms with Crippen LogP contribution in [0.4, 0.5) is 0 Å². The maximum absolute atomic E-state index is 10.7. The summed E-state index contributed by atoms with van der Waals surface area (Å²) in [6.07, 6.45) is 11.1. The Bertz CT molecular complexity index is 1170. The number of piperidine rings is 1. The lowest BCUT2D eigenvalue weighted by molar-refractivity contribution is 0.350. The molecule has 7 heteroatoms. The first-order chi connectivity index (χ1) is 15.1. The molecule has 2 unspecified atom stereocenters. The van der Waals surface area contributed by atoms with Crippen LogP contribution in [0.25, 0.3) is 28.0 Å². The fraction of sp³-hybridized carbons (Fsp3) is 0.375. The van der Waals surface area contributed by atoms with Crippen LogP contribution in [0.5, 0.6) is 5.75 Å². The molecule has 6 nitrogen and oxygen atoms in total. The first kappa shape index (κ1) is 19.1. The number of aromatic hydroxyl groups is 1. The van der Waals surface area contributed by atoms with Gasteiger partial charge in [-0.05, 0) is 60.9 Å². The molecule has 3 aliphatic heterocycles. The van der Waals surface area contributed by atoms with Crippen molar-refractivity contribution in [2.75, 3.05) is 5.75 Å². The van der Waals surface area contributed by atoms with Crippen molar-refractivity contribution in [1.29, 1.82) is 0 Å². The van der Waals surface area contributed by atoms with Crippen LogP contribution in [0.2, 0.25) is 0 Å². The van der Waals surface area contributed by atoms with Crippen LogP contribution in [0.15, 0.2) is 47.6 Å². The lowest BCUT2D eigenvalue weighted by atomic mass is 9.84. The first-order valence-corrected chi connectivity index (χ1v) is 11.9. The van der Waals surface area contributed by atoms with E-state index in [4.69, 9.17) is 0 Å². The molecule has 2 aromatic heterocycles. The highest BCUT2D eigenvalue weighted by Gasteiger charge is 2.36. The molecule has 0 spiro atoms. The lowest BCUT2D eigenvalue weighted by Crippen LogP contribution is -2.38. The molecular formula is C24H25N5OS. The summed E-state index contributed by atoms with van der Waals surface area (Å²) < 4.78 is 1.76. The summed E-state index contributed by atoms with van der Waals surface area (Å²) in [5.41, 5.74) is 5.75. The van der Waals surface area contributed by atoms with E-state index in [1.54, 1.807) is 28.7 Å². The second-order valence-corrected chi connectivity index (χ2v) is 9.92. The second kappa shape index (κ2) is 7.50. The van der Waals surface area contributed by atoms with Crippen LogP contribution in [0.3, 0.4) is 0 Å². The van der Waals surface area contributed by atoms with E-state index in [1.165, 1.54) is 36.2 Å². The van der Waals surface area contributed by atoms with Gasteiger partial charge in [-0.3, -0.25) is 4.68 Å². The number of rotatable bonds is 3. The van der Waals surface area contributed by atoms with Gasteiger partial charge in [0.1, 0.15) is 11.4 Å². The zero-order valence-electron chi connectivity index (χ0n) is 17.5. The Kier molecular flexibility index (Phi) is 4.61. The number of nitrogens with one attached hydrogen (secondary N) is 1. The third kappa shape index (κ3) is 3.46. The van der Waals surface area contributed by atoms with Crippen LogP contribution < -0.4 is 5.32 Å². The number of fused-ring (bicyclic) bond motifs is 3. The topological polar surface area (TPSA) is 75.9 Å². The van der Waals surface area contributed by atoms with Crippen LogP contribution >= 0.6 is 11.8 Å². The Hall–Kier alpha value is -2.64. The maximum Gasteiger partial charge on any atom is 0.125 e. The van der Waals surface area contributed by atoms with Gasteiger partial charge in [-0.2, -0.15) is 5.10 Å². The van der Waals surface area contributed by atoms with Crippen molar-refractivity contribution in [2.24, 2.45) is 13.0 Å². The summed E-state index contributed by atoms with van der Waals surface area (Å²) in [6, 6.07) is 9.10. The van der Waals surface area contributed by atoms with Gasteiger partial charge in [0.15, 0.2) is 0 Å². The van der Waals surface area contributed by atoms with E-state index in [-0.39, 0.29) is 5.75 Å². The van der Waals surface area contributed by atoms with Crippen molar-refractivity contribution in [1.82, 2.24) is 25.3 Å². The van der Waals surface area contributed by atoms with Gasteiger partial charge in [0, 0.05) is 47.1 Å². The standard InChI is InChI=1S/C24H25N5OS/c1-29-13-16(12-25-29)14-2-5-20(22(30)10-14)21-11-23-24(28-27-21)19(6-7-31-23)15-8-17-3-4-18(9-15)26-17/h2,5-6,10-13,15,17-18,26,30H,3-4,7-9H2,1H3/t15?,17-,18?/m0/s1. The quantitative estimate of drug-likeness (QED) is 0.645. The van der Waals surface area contributed by atoms with E-state index in [9.17, 15) is 5.11 Å². The summed E-state index contributed by atoms with van der Waals surface area (Å²) in [5, 5.41) is 27.9. The first-order valence-electron chi connectivity index (χ1n) is 10.9. The van der Waals surface area contributed by atoms with Crippen molar-refractivity contribution < 1.29 is 5.11 Å². The number of benzene rings is 1. The van der Waals surface area contributed by atoms with Gasteiger partial charge in [-0.1, -0.05) is 12.1 Å². The number of aryl methyl sites for hydroxylation is 1. The van der Waals surface area contributed by atoms with Gasteiger partial charge in [0.25, 0.3) is 0 Å². The SMILES string of the molecule is Cn1cc(-c2ccc(-c3cc4c(nn3)C(C3CC5CC[C@@H](C3)N5)=CCS4)c(O)c2)cn1. The highest BCUT2D eigenvalue weighted by atomic mass is 32.2. The number of hydrogen-bond acceptors (Lipinski definition) is 6. The monoisotopic (exact) mass is 431 g/mol. The molecule has 2 bridgehead atoms. The normalized spacial score (nSPS) is 24.7. The summed E-state index contributed by atoms with van der Waals surface area (Å²) >= 11 is 1.80. The third-order valence-electron chi connectivity index (χ3n) is 6.80. The van der Waals surface area contributed by atoms with Crippen LogP contribution in [-0.4, -0.2) is 42.9 Å². The predicted octanol–water partition coefficient (Wildman–Crippen LogP) is 4.27. The number of allylic oxidation sites excluding steroid dienone is 1. The molecule has 158 valence electrons. The summed E-state index contributed by atoms with van der Waals surface area (Å²) in [6.45, 7) is 0. The lowest BCUT2D eigenvalue weighted by Gasteiger charge is -2.32. The highest BCUT2D eigenvalue weighted by Crippen LogP contribution is 2.44. The predicted molar refractivity (Wildman–Crippen MR) is 123 cm³/mol.